The highest BCUT2D eigenvalue weighted by atomic mass is 16.5. The summed E-state index contributed by atoms with van der Waals surface area (Å²) in [6.07, 6.45) is 2.85. The molecule has 0 amide bonds. The largest absolute Gasteiger partial charge is 0.461 e. The molecule has 0 N–H and O–H groups in total. The minimum Gasteiger partial charge on any atom is -0.461 e. The second-order valence-electron chi connectivity index (χ2n) is 8.68. The summed E-state index contributed by atoms with van der Waals surface area (Å²) >= 11 is 0. The van der Waals surface area contributed by atoms with E-state index in [1.54, 1.807) is 0 Å². The summed E-state index contributed by atoms with van der Waals surface area (Å²) < 4.78 is 6.04. The summed E-state index contributed by atoms with van der Waals surface area (Å²) in [5.74, 6) is 0.299. The molecule has 9 atom stereocenters. The van der Waals surface area contributed by atoms with Gasteiger partial charge in [-0.15, -0.1) is 0 Å². The molecule has 26 heavy (non-hydrogen) atoms. The minimum absolute atomic E-state index is 0.0235. The van der Waals surface area contributed by atoms with Crippen LogP contribution in [0.1, 0.15) is 32.3 Å². The van der Waals surface area contributed by atoms with Crippen molar-refractivity contribution in [1.29, 1.82) is 0 Å². The quantitative estimate of drug-likeness (QED) is 0.606. The van der Waals surface area contributed by atoms with Crippen molar-refractivity contribution in [3.8, 4) is 0 Å². The maximum atomic E-state index is 12.0. The number of nitrogens with zero attached hydrogens (tertiary/aromatic N) is 2. The van der Waals surface area contributed by atoms with E-state index in [4.69, 9.17) is 9.73 Å². The predicted octanol–water partition coefficient (Wildman–Crippen LogP) is 2.25. The number of carbonyl (C=O) groups is 2. The molecule has 7 rings (SSSR count). The van der Waals surface area contributed by atoms with Gasteiger partial charge in [0.2, 0.25) is 0 Å². The van der Waals surface area contributed by atoms with E-state index in [2.05, 4.69) is 30.0 Å². The fourth-order valence-corrected chi connectivity index (χ4v) is 7.28. The summed E-state index contributed by atoms with van der Waals surface area (Å²) in [5.41, 5.74) is 3.15. The number of ether oxygens (including phenoxy) is 1. The van der Waals surface area contributed by atoms with Gasteiger partial charge in [0.15, 0.2) is 0 Å². The zero-order valence-corrected chi connectivity index (χ0v) is 15.0. The first-order valence-electron chi connectivity index (χ1n) is 9.66. The van der Waals surface area contributed by atoms with E-state index in [9.17, 15) is 9.59 Å². The lowest BCUT2D eigenvalue weighted by Crippen LogP contribution is -2.69. The van der Waals surface area contributed by atoms with E-state index in [-0.39, 0.29) is 47.3 Å². The van der Waals surface area contributed by atoms with Gasteiger partial charge in [0, 0.05) is 30.8 Å². The second kappa shape index (κ2) is 4.63. The first-order valence-corrected chi connectivity index (χ1v) is 9.66. The summed E-state index contributed by atoms with van der Waals surface area (Å²) in [4.78, 5) is 31.5. The Morgan fingerprint density at radius 1 is 1.38 bits per heavy atom. The van der Waals surface area contributed by atoms with Crippen LogP contribution < -0.4 is 0 Å². The number of aldehydes is 1. The fraction of sp³-hybridized carbons (Fsp3) is 0.571. The number of benzene rings is 1. The molecular formula is C21H22N2O3. The van der Waals surface area contributed by atoms with Gasteiger partial charge in [0.25, 0.3) is 0 Å². The molecule has 5 bridgehead atoms. The van der Waals surface area contributed by atoms with Crippen LogP contribution in [0.25, 0.3) is 0 Å². The van der Waals surface area contributed by atoms with Crippen LogP contribution in [0.3, 0.4) is 0 Å². The molecule has 1 aliphatic carbocycles. The predicted molar refractivity (Wildman–Crippen MR) is 95.4 cm³/mol. The molecule has 5 nitrogen and oxygen atoms in total. The van der Waals surface area contributed by atoms with Crippen LogP contribution in [0.2, 0.25) is 0 Å². The first-order chi connectivity index (χ1) is 12.6. The van der Waals surface area contributed by atoms with Crippen LogP contribution in [0.5, 0.6) is 0 Å². The van der Waals surface area contributed by atoms with Crippen LogP contribution >= 0.6 is 0 Å². The van der Waals surface area contributed by atoms with Gasteiger partial charge in [-0.25, -0.2) is 0 Å². The van der Waals surface area contributed by atoms with Crippen LogP contribution in [-0.2, 0) is 19.7 Å². The Balaban J connectivity index is 1.61. The molecule has 3 unspecified atom stereocenters. The van der Waals surface area contributed by atoms with E-state index in [0.29, 0.717) is 6.04 Å². The Morgan fingerprint density at radius 2 is 2.19 bits per heavy atom. The van der Waals surface area contributed by atoms with Gasteiger partial charge in [0.05, 0.1) is 22.9 Å². The Bertz CT molecular complexity index is 880. The van der Waals surface area contributed by atoms with Crippen molar-refractivity contribution in [1.82, 2.24) is 4.90 Å². The summed E-state index contributed by atoms with van der Waals surface area (Å²) in [7, 11) is 0. The average molecular weight is 350 g/mol. The minimum atomic E-state index is -0.287. The Hall–Kier alpha value is -2.01. The lowest BCUT2D eigenvalue weighted by Gasteiger charge is -2.60. The number of esters is 1. The molecule has 1 aromatic carbocycles. The Labute approximate surface area is 152 Å². The van der Waals surface area contributed by atoms with Gasteiger partial charge in [-0.2, -0.15) is 0 Å². The lowest BCUT2D eigenvalue weighted by atomic mass is 9.62. The molecular weight excluding hydrogens is 328 g/mol. The molecule has 1 spiro atoms. The van der Waals surface area contributed by atoms with Crippen molar-refractivity contribution >= 4 is 23.7 Å². The van der Waals surface area contributed by atoms with Gasteiger partial charge >= 0.3 is 5.97 Å². The number of hydrogen-bond donors (Lipinski definition) is 0. The molecule has 5 fully saturated rings. The Kier molecular flexibility index (Phi) is 2.69. The molecule has 5 heteroatoms. The first kappa shape index (κ1) is 15.1. The highest BCUT2D eigenvalue weighted by Crippen LogP contribution is 2.67. The molecule has 5 aliphatic heterocycles. The molecule has 0 radical (unpaired) electrons. The summed E-state index contributed by atoms with van der Waals surface area (Å²) in [6.45, 7) is 3.69. The molecule has 4 saturated heterocycles. The smallest absolute Gasteiger partial charge is 0.302 e. The molecule has 1 saturated carbocycles. The molecule has 134 valence electrons. The standard InChI is InChI=1S/C21H22N2O3/c1-10-13(9-24)12-7-16-19-21(14-5-3-4-6-15(14)22-19)8-17(23(10)16)18(12)20(21)26-11(2)25/h3-6,9-10,12-13,16-18,20H,7-8H2,1-2H3/t10-,12+,13-,16-,17-,18?,20+,21?/m0/s1. The topological polar surface area (TPSA) is 59.0 Å². The summed E-state index contributed by atoms with van der Waals surface area (Å²) in [6, 6.07) is 9.21. The molecule has 0 aromatic heterocycles. The zero-order valence-electron chi connectivity index (χ0n) is 15.0. The van der Waals surface area contributed by atoms with Gasteiger partial charge in [-0.3, -0.25) is 14.7 Å². The van der Waals surface area contributed by atoms with Crippen molar-refractivity contribution in [3.63, 3.8) is 0 Å². The SMILES string of the molecule is CC(=O)O[C@@H]1C2[C@@H]3C[C@H]4C5=Nc6ccccc6C51C[C@@H]2N4[C@@H](C)[C@@H]3C=O. The maximum absolute atomic E-state index is 12.0. The summed E-state index contributed by atoms with van der Waals surface area (Å²) in [5, 5.41) is 0. The highest BCUT2D eigenvalue weighted by molar-refractivity contribution is 6.08. The molecule has 1 aromatic rings. The van der Waals surface area contributed by atoms with Crippen molar-refractivity contribution in [2.45, 2.75) is 56.3 Å². The van der Waals surface area contributed by atoms with Gasteiger partial charge < -0.3 is 9.53 Å². The van der Waals surface area contributed by atoms with Gasteiger partial charge in [0.1, 0.15) is 12.4 Å². The van der Waals surface area contributed by atoms with Gasteiger partial charge in [-0.05, 0) is 37.3 Å². The number of aliphatic imine (C=N–C) groups is 1. The fourth-order valence-electron chi connectivity index (χ4n) is 7.28. The van der Waals surface area contributed by atoms with E-state index in [1.807, 2.05) is 6.07 Å². The zero-order chi connectivity index (χ0) is 17.8. The van der Waals surface area contributed by atoms with E-state index in [0.717, 1.165) is 24.8 Å². The monoisotopic (exact) mass is 350 g/mol. The number of para-hydroxylation sites is 1. The average Bonchev–Trinajstić information content (AvgIpc) is 3.08. The number of hydrogen-bond acceptors (Lipinski definition) is 5. The Morgan fingerprint density at radius 3 is 2.96 bits per heavy atom. The van der Waals surface area contributed by atoms with Crippen molar-refractivity contribution in [2.24, 2.45) is 22.7 Å². The number of fused-ring (bicyclic) bond motifs is 2. The number of carbonyl (C=O) groups excluding carboxylic acids is 2. The normalized spacial score (nSPS) is 48.8. The van der Waals surface area contributed by atoms with E-state index in [1.165, 1.54) is 18.2 Å². The highest BCUT2D eigenvalue weighted by Gasteiger charge is 2.75. The van der Waals surface area contributed by atoms with E-state index < -0.39 is 0 Å². The second-order valence-corrected chi connectivity index (χ2v) is 8.68. The van der Waals surface area contributed by atoms with Crippen molar-refractivity contribution in [2.75, 3.05) is 0 Å². The lowest BCUT2D eigenvalue weighted by molar-refractivity contribution is -0.159. The third kappa shape index (κ3) is 1.44. The maximum Gasteiger partial charge on any atom is 0.302 e. The van der Waals surface area contributed by atoms with Crippen LogP contribution in [-0.4, -0.2) is 47.1 Å². The van der Waals surface area contributed by atoms with Crippen molar-refractivity contribution < 1.29 is 14.3 Å². The van der Waals surface area contributed by atoms with E-state index >= 15 is 0 Å². The number of piperidine rings is 4. The molecule has 5 heterocycles. The third-order valence-corrected chi connectivity index (χ3v) is 7.91. The van der Waals surface area contributed by atoms with Crippen molar-refractivity contribution in [3.05, 3.63) is 29.8 Å². The number of rotatable bonds is 2. The van der Waals surface area contributed by atoms with Crippen LogP contribution in [0.4, 0.5) is 5.69 Å². The molecule has 6 aliphatic rings. The third-order valence-electron chi connectivity index (χ3n) is 7.91. The van der Waals surface area contributed by atoms with Crippen LogP contribution in [0.15, 0.2) is 29.3 Å². The van der Waals surface area contributed by atoms with Crippen LogP contribution in [0, 0.1) is 17.8 Å². The van der Waals surface area contributed by atoms with Gasteiger partial charge in [-0.1, -0.05) is 18.2 Å².